The Bertz CT molecular complexity index is 600. The van der Waals surface area contributed by atoms with Crippen molar-refractivity contribution >= 4 is 10.0 Å². The third-order valence-electron chi connectivity index (χ3n) is 3.41. The summed E-state index contributed by atoms with van der Waals surface area (Å²) >= 11 is 0. The van der Waals surface area contributed by atoms with Gasteiger partial charge in [0.2, 0.25) is 10.0 Å². The highest BCUT2D eigenvalue weighted by molar-refractivity contribution is 7.89. The van der Waals surface area contributed by atoms with Crippen molar-refractivity contribution in [2.75, 3.05) is 0 Å². The predicted molar refractivity (Wildman–Crippen MR) is 93.6 cm³/mol. The number of sulfonamides is 1. The van der Waals surface area contributed by atoms with E-state index in [1.165, 1.54) is 0 Å². The lowest BCUT2D eigenvalue weighted by atomic mass is 9.82. The van der Waals surface area contributed by atoms with Gasteiger partial charge in [-0.1, -0.05) is 53.7 Å². The van der Waals surface area contributed by atoms with Crippen LogP contribution in [0.15, 0.2) is 29.2 Å². The molecule has 0 saturated carbocycles. The molecule has 3 nitrogen and oxygen atoms in total. The highest BCUT2D eigenvalue weighted by atomic mass is 32.2. The van der Waals surface area contributed by atoms with E-state index in [2.05, 4.69) is 46.3 Å². The van der Waals surface area contributed by atoms with Crippen LogP contribution in [0.5, 0.6) is 0 Å². The summed E-state index contributed by atoms with van der Waals surface area (Å²) in [5.74, 6) is 0. The molecule has 126 valence electrons. The predicted octanol–water partition coefficient (Wildman–Crippen LogP) is 4.48. The van der Waals surface area contributed by atoms with Crippen LogP contribution in [-0.2, 0) is 15.4 Å². The van der Waals surface area contributed by atoms with Crippen molar-refractivity contribution < 1.29 is 8.42 Å². The van der Waals surface area contributed by atoms with Crippen LogP contribution < -0.4 is 4.72 Å². The van der Waals surface area contributed by atoms with Gasteiger partial charge in [0.1, 0.15) is 0 Å². The van der Waals surface area contributed by atoms with Gasteiger partial charge in [0.25, 0.3) is 0 Å². The minimum absolute atomic E-state index is 0.0151. The van der Waals surface area contributed by atoms with Gasteiger partial charge in [0.05, 0.1) is 4.90 Å². The molecule has 0 heterocycles. The Hall–Kier alpha value is -0.870. The van der Waals surface area contributed by atoms with Crippen LogP contribution in [0.1, 0.15) is 67.4 Å². The smallest absolute Gasteiger partial charge is 0.207 e. The maximum atomic E-state index is 12.6. The van der Waals surface area contributed by atoms with Crippen LogP contribution >= 0.6 is 0 Å². The molecular formula is C18H31NO2S. The fraction of sp³-hybridized carbons (Fsp3) is 0.667. The first-order valence-electron chi connectivity index (χ1n) is 7.77. The molecule has 22 heavy (non-hydrogen) atoms. The molecule has 0 bridgehead atoms. The van der Waals surface area contributed by atoms with E-state index in [4.69, 9.17) is 0 Å². The van der Waals surface area contributed by atoms with Gasteiger partial charge in [-0.25, -0.2) is 13.1 Å². The molecule has 0 unspecified atom stereocenters. The van der Waals surface area contributed by atoms with Crippen LogP contribution in [0.25, 0.3) is 0 Å². The summed E-state index contributed by atoms with van der Waals surface area (Å²) in [6, 6.07) is 7.17. The lowest BCUT2D eigenvalue weighted by molar-refractivity contribution is 0.269. The average molecular weight is 326 g/mol. The molecule has 0 aliphatic carbocycles. The zero-order valence-corrected chi connectivity index (χ0v) is 16.1. The quantitative estimate of drug-likeness (QED) is 0.887. The van der Waals surface area contributed by atoms with Gasteiger partial charge in [-0.05, 0) is 48.8 Å². The van der Waals surface area contributed by atoms with Crippen molar-refractivity contribution in [3.63, 3.8) is 0 Å². The van der Waals surface area contributed by atoms with E-state index >= 15 is 0 Å². The van der Waals surface area contributed by atoms with Crippen molar-refractivity contribution in [3.8, 4) is 0 Å². The Morgan fingerprint density at radius 2 is 1.32 bits per heavy atom. The van der Waals surface area contributed by atoms with Crippen LogP contribution in [0.3, 0.4) is 0 Å². The molecule has 0 aliphatic rings. The van der Waals surface area contributed by atoms with Crippen LogP contribution in [-0.4, -0.2) is 14.0 Å². The van der Waals surface area contributed by atoms with E-state index < -0.39 is 15.6 Å². The Labute approximate surface area is 136 Å². The second-order valence-corrected chi connectivity index (χ2v) is 10.7. The zero-order chi connectivity index (χ0) is 17.4. The molecule has 0 saturated heterocycles. The Morgan fingerprint density at radius 3 is 1.68 bits per heavy atom. The summed E-state index contributed by atoms with van der Waals surface area (Å²) in [6.45, 7) is 16.5. The topological polar surface area (TPSA) is 46.2 Å². The van der Waals surface area contributed by atoms with Gasteiger partial charge >= 0.3 is 0 Å². The summed E-state index contributed by atoms with van der Waals surface area (Å²) < 4.78 is 28.0. The van der Waals surface area contributed by atoms with E-state index in [-0.39, 0.29) is 10.8 Å². The minimum atomic E-state index is -3.50. The number of nitrogens with one attached hydrogen (secondary N) is 1. The van der Waals surface area contributed by atoms with Crippen molar-refractivity contribution in [2.45, 2.75) is 77.7 Å². The van der Waals surface area contributed by atoms with E-state index in [1.54, 1.807) is 12.1 Å². The molecule has 1 rings (SSSR count). The van der Waals surface area contributed by atoms with Crippen molar-refractivity contribution in [1.29, 1.82) is 0 Å². The summed E-state index contributed by atoms with van der Waals surface area (Å²) in [5.41, 5.74) is 0.712. The molecular weight excluding hydrogens is 294 g/mol. The second-order valence-electron chi connectivity index (χ2n) is 9.00. The molecule has 1 aromatic rings. The van der Waals surface area contributed by atoms with E-state index in [0.717, 1.165) is 12.0 Å². The standard InChI is InChI=1S/C18H31NO2S/c1-16(2,3)13-18(7,8)19-22(20,21)15-11-9-14(10-12-15)17(4,5)6/h9-12,19H,13H2,1-8H3. The fourth-order valence-electron chi connectivity index (χ4n) is 2.92. The van der Waals surface area contributed by atoms with Crippen LogP contribution in [0, 0.1) is 5.41 Å². The van der Waals surface area contributed by atoms with E-state index in [9.17, 15) is 8.42 Å². The van der Waals surface area contributed by atoms with Crippen molar-refractivity contribution in [1.82, 2.24) is 4.72 Å². The van der Waals surface area contributed by atoms with E-state index in [0.29, 0.717) is 4.90 Å². The highest BCUT2D eigenvalue weighted by Gasteiger charge is 2.30. The van der Waals surface area contributed by atoms with Gasteiger partial charge in [-0.15, -0.1) is 0 Å². The van der Waals surface area contributed by atoms with Gasteiger partial charge in [-0.2, -0.15) is 0 Å². The number of rotatable bonds is 4. The highest BCUT2D eigenvalue weighted by Crippen LogP contribution is 2.29. The van der Waals surface area contributed by atoms with Gasteiger partial charge in [-0.3, -0.25) is 0 Å². The van der Waals surface area contributed by atoms with E-state index in [1.807, 2.05) is 26.0 Å². The van der Waals surface area contributed by atoms with Crippen molar-refractivity contribution in [2.24, 2.45) is 5.41 Å². The summed E-state index contributed by atoms with van der Waals surface area (Å²) in [4.78, 5) is 0.322. The molecule has 0 radical (unpaired) electrons. The van der Waals surface area contributed by atoms with Crippen molar-refractivity contribution in [3.05, 3.63) is 29.8 Å². The number of benzene rings is 1. The monoisotopic (exact) mass is 325 g/mol. The van der Waals surface area contributed by atoms with Gasteiger partial charge in [0, 0.05) is 5.54 Å². The molecule has 0 spiro atoms. The SMILES string of the molecule is CC(C)(C)CC(C)(C)NS(=O)(=O)c1ccc(C(C)(C)C)cc1. The zero-order valence-electron chi connectivity index (χ0n) is 15.2. The van der Waals surface area contributed by atoms with Crippen LogP contribution in [0.4, 0.5) is 0 Å². The molecule has 1 N–H and O–H groups in total. The molecule has 1 aromatic carbocycles. The summed E-state index contributed by atoms with van der Waals surface area (Å²) in [6.07, 6.45) is 0.763. The summed E-state index contributed by atoms with van der Waals surface area (Å²) in [5, 5.41) is 0. The number of hydrogen-bond donors (Lipinski definition) is 1. The number of hydrogen-bond acceptors (Lipinski definition) is 2. The third kappa shape index (κ3) is 5.73. The average Bonchev–Trinajstić information content (AvgIpc) is 2.22. The first-order chi connectivity index (χ1) is 9.62. The first-order valence-corrected chi connectivity index (χ1v) is 9.25. The third-order valence-corrected chi connectivity index (χ3v) is 5.13. The molecule has 0 aromatic heterocycles. The first kappa shape index (κ1) is 19.2. The fourth-order valence-corrected chi connectivity index (χ4v) is 4.33. The maximum absolute atomic E-state index is 12.6. The second kappa shape index (κ2) is 5.97. The maximum Gasteiger partial charge on any atom is 0.241 e. The normalized spacial score (nSPS) is 14.2. The molecule has 4 heteroatoms. The Kier molecular flexibility index (Phi) is 5.20. The molecule has 0 amide bonds. The van der Waals surface area contributed by atoms with Gasteiger partial charge < -0.3 is 0 Å². The van der Waals surface area contributed by atoms with Gasteiger partial charge in [0.15, 0.2) is 0 Å². The van der Waals surface area contributed by atoms with Crippen LogP contribution in [0.2, 0.25) is 0 Å². The Morgan fingerprint density at radius 1 is 0.864 bits per heavy atom. The molecule has 0 aliphatic heterocycles. The lowest BCUT2D eigenvalue weighted by Crippen LogP contribution is -2.45. The summed E-state index contributed by atoms with van der Waals surface area (Å²) in [7, 11) is -3.50. The lowest BCUT2D eigenvalue weighted by Gasteiger charge is -2.33. The molecule has 0 fully saturated rings. The Balaban J connectivity index is 3.00. The minimum Gasteiger partial charge on any atom is -0.207 e. The largest absolute Gasteiger partial charge is 0.241 e. The molecule has 0 atom stereocenters.